The maximum Gasteiger partial charge on any atom is 0.316 e. The highest BCUT2D eigenvalue weighted by atomic mass is 19.1. The third kappa shape index (κ3) is 3.22. The molecule has 0 spiro atoms. The fourth-order valence-electron chi connectivity index (χ4n) is 6.23. The van der Waals surface area contributed by atoms with Crippen LogP contribution >= 0.6 is 0 Å². The molecule has 0 unspecified atom stereocenters. The zero-order valence-corrected chi connectivity index (χ0v) is 21.3. The first-order valence-corrected chi connectivity index (χ1v) is 12.6. The summed E-state index contributed by atoms with van der Waals surface area (Å²) in [6, 6.07) is 2.99. The van der Waals surface area contributed by atoms with Gasteiger partial charge >= 0.3 is 5.97 Å². The van der Waals surface area contributed by atoms with Gasteiger partial charge in [0.2, 0.25) is 5.91 Å². The first-order valence-electron chi connectivity index (χ1n) is 12.6. The van der Waals surface area contributed by atoms with E-state index in [1.165, 1.54) is 13.2 Å². The highest BCUT2D eigenvalue weighted by Gasteiger charge is 2.43. The van der Waals surface area contributed by atoms with Crippen LogP contribution < -0.4 is 10.9 Å². The average molecular weight is 506 g/mol. The number of halogens is 1. The van der Waals surface area contributed by atoms with Crippen LogP contribution in [0.2, 0.25) is 0 Å². The van der Waals surface area contributed by atoms with Crippen molar-refractivity contribution in [3.8, 4) is 11.4 Å². The van der Waals surface area contributed by atoms with Crippen LogP contribution in [0, 0.1) is 12.7 Å². The number of carbonyl (C=O) groups is 2. The quantitative estimate of drug-likeness (QED) is 0.427. The highest BCUT2D eigenvalue weighted by Crippen LogP contribution is 2.46. The number of benzene rings is 1. The van der Waals surface area contributed by atoms with E-state index in [9.17, 15) is 18.8 Å². The molecule has 1 amide bonds. The third-order valence-corrected chi connectivity index (χ3v) is 8.45. The van der Waals surface area contributed by atoms with Gasteiger partial charge in [0.15, 0.2) is 0 Å². The normalized spacial score (nSPS) is 21.3. The summed E-state index contributed by atoms with van der Waals surface area (Å²) >= 11 is 0. The number of aryl methyl sites for hydroxylation is 1. The van der Waals surface area contributed by atoms with E-state index in [1.807, 2.05) is 13.0 Å². The maximum absolute atomic E-state index is 15.0. The molecule has 1 aliphatic carbocycles. The van der Waals surface area contributed by atoms with Gasteiger partial charge in [-0.1, -0.05) is 6.92 Å². The van der Waals surface area contributed by atoms with Gasteiger partial charge in [-0.05, 0) is 61.4 Å². The second-order valence-corrected chi connectivity index (χ2v) is 10.4. The standard InChI is InChI=1S/C28H28FN3O5/c1-5-28(3)17-8-21-25-15(10-32(21)26(34)16(17)11-37-27(28)35)24-19(30-22(33)12-36-4)7-6-14-13(2)18(29)9-20(31-25)23(14)24/h8-9,19H,5-7,10-12H2,1-4H3,(H,30,33)/t19-,28+/m0/s1. The van der Waals surface area contributed by atoms with Crippen molar-refractivity contribution in [2.24, 2.45) is 0 Å². The van der Waals surface area contributed by atoms with Crippen LogP contribution in [0.3, 0.4) is 0 Å². The molecule has 8 nitrogen and oxygen atoms in total. The molecule has 3 aliphatic rings. The predicted molar refractivity (Wildman–Crippen MR) is 134 cm³/mol. The largest absolute Gasteiger partial charge is 0.460 e. The SMILES string of the molecule is CC[C@@]1(C)C(=O)OCc2c1cc1n(c2=O)Cc2c-1nc1cc(F)c(C)c3c1c2[C@@H](NC(=O)COC)CC3. The van der Waals surface area contributed by atoms with Crippen molar-refractivity contribution >= 4 is 22.8 Å². The van der Waals surface area contributed by atoms with Crippen LogP contribution in [0.5, 0.6) is 0 Å². The van der Waals surface area contributed by atoms with Crippen molar-refractivity contribution in [1.29, 1.82) is 0 Å². The molecule has 2 aromatic heterocycles. The minimum atomic E-state index is -0.941. The zero-order chi connectivity index (χ0) is 26.2. The topological polar surface area (TPSA) is 99.5 Å². The number of pyridine rings is 2. The highest BCUT2D eigenvalue weighted by molar-refractivity contribution is 5.94. The van der Waals surface area contributed by atoms with Crippen molar-refractivity contribution in [1.82, 2.24) is 14.9 Å². The average Bonchev–Trinajstić information content (AvgIpc) is 3.24. The van der Waals surface area contributed by atoms with Gasteiger partial charge in [0, 0.05) is 24.1 Å². The molecule has 4 heterocycles. The van der Waals surface area contributed by atoms with Crippen LogP contribution in [0.1, 0.15) is 66.1 Å². The van der Waals surface area contributed by atoms with E-state index in [4.69, 9.17) is 14.5 Å². The summed E-state index contributed by atoms with van der Waals surface area (Å²) in [6.07, 6.45) is 1.67. The van der Waals surface area contributed by atoms with Crippen LogP contribution in [-0.4, -0.2) is 35.1 Å². The molecule has 6 rings (SSSR count). The maximum atomic E-state index is 15.0. The number of nitrogens with one attached hydrogen (secondary N) is 1. The van der Waals surface area contributed by atoms with Crippen molar-refractivity contribution in [3.63, 3.8) is 0 Å². The number of methoxy groups -OCH3 is 1. The van der Waals surface area contributed by atoms with Gasteiger partial charge in [-0.15, -0.1) is 0 Å². The third-order valence-electron chi connectivity index (χ3n) is 8.45. The number of rotatable bonds is 4. The van der Waals surface area contributed by atoms with Gasteiger partial charge in [-0.3, -0.25) is 14.4 Å². The van der Waals surface area contributed by atoms with Crippen LogP contribution in [-0.2, 0) is 44.1 Å². The lowest BCUT2D eigenvalue weighted by molar-refractivity contribution is -0.153. The lowest BCUT2D eigenvalue weighted by Crippen LogP contribution is -2.42. The first-order chi connectivity index (χ1) is 17.7. The number of fused-ring (bicyclic) bond motifs is 5. The fraction of sp³-hybridized carbons (Fsp3) is 0.429. The van der Waals surface area contributed by atoms with Crippen LogP contribution in [0.25, 0.3) is 22.3 Å². The summed E-state index contributed by atoms with van der Waals surface area (Å²) in [7, 11) is 1.47. The second kappa shape index (κ2) is 8.21. The molecular weight excluding hydrogens is 477 g/mol. The molecule has 0 saturated carbocycles. The molecule has 2 aliphatic heterocycles. The number of amides is 1. The number of ether oxygens (including phenoxy) is 2. The lowest BCUT2D eigenvalue weighted by atomic mass is 9.76. The van der Waals surface area contributed by atoms with E-state index in [0.717, 1.165) is 22.1 Å². The molecule has 192 valence electrons. The van der Waals surface area contributed by atoms with Gasteiger partial charge in [0.05, 0.1) is 40.5 Å². The number of hydrogen-bond acceptors (Lipinski definition) is 6. The van der Waals surface area contributed by atoms with Crippen LogP contribution in [0.15, 0.2) is 16.9 Å². The zero-order valence-electron chi connectivity index (χ0n) is 21.3. The summed E-state index contributed by atoms with van der Waals surface area (Å²) < 4.78 is 27.0. The summed E-state index contributed by atoms with van der Waals surface area (Å²) in [4.78, 5) is 43.8. The van der Waals surface area contributed by atoms with E-state index in [2.05, 4.69) is 5.32 Å². The van der Waals surface area contributed by atoms with Gasteiger partial charge in [0.1, 0.15) is 19.0 Å². The molecule has 0 fully saturated rings. The number of esters is 1. The van der Waals surface area contributed by atoms with Crippen molar-refractivity contribution in [3.05, 3.63) is 61.7 Å². The summed E-state index contributed by atoms with van der Waals surface area (Å²) in [5.74, 6) is -0.925. The molecule has 3 aromatic rings. The Morgan fingerprint density at radius 2 is 2.08 bits per heavy atom. The summed E-state index contributed by atoms with van der Waals surface area (Å²) in [5.41, 5.74) is 4.84. The predicted octanol–water partition coefficient (Wildman–Crippen LogP) is 3.35. The van der Waals surface area contributed by atoms with Crippen molar-refractivity contribution in [2.75, 3.05) is 13.7 Å². The number of aromatic nitrogens is 2. The van der Waals surface area contributed by atoms with Crippen molar-refractivity contribution < 1.29 is 23.5 Å². The molecule has 37 heavy (non-hydrogen) atoms. The van der Waals surface area contributed by atoms with E-state index in [1.54, 1.807) is 18.4 Å². The van der Waals surface area contributed by atoms with Gasteiger partial charge in [-0.2, -0.15) is 0 Å². The first kappa shape index (κ1) is 23.8. The number of carbonyl (C=O) groups excluding carboxylic acids is 2. The van der Waals surface area contributed by atoms with Gasteiger partial charge in [-0.25, -0.2) is 9.37 Å². The van der Waals surface area contributed by atoms with Crippen molar-refractivity contribution in [2.45, 2.75) is 64.6 Å². The lowest BCUT2D eigenvalue weighted by Gasteiger charge is -2.33. The Labute approximate surface area is 212 Å². The molecule has 2 atom stereocenters. The Morgan fingerprint density at radius 1 is 1.30 bits per heavy atom. The number of hydrogen-bond donors (Lipinski definition) is 1. The monoisotopic (exact) mass is 505 g/mol. The molecule has 1 aromatic carbocycles. The minimum absolute atomic E-state index is 0.0638. The van der Waals surface area contributed by atoms with E-state index in [-0.39, 0.29) is 49.1 Å². The molecule has 0 saturated heterocycles. The summed E-state index contributed by atoms with van der Waals surface area (Å²) in [6.45, 7) is 5.59. The molecule has 1 N–H and O–H groups in total. The van der Waals surface area contributed by atoms with Gasteiger partial charge in [0.25, 0.3) is 5.56 Å². The van der Waals surface area contributed by atoms with E-state index in [0.29, 0.717) is 52.9 Å². The number of cyclic esters (lactones) is 1. The second-order valence-electron chi connectivity index (χ2n) is 10.4. The molecule has 0 radical (unpaired) electrons. The Balaban J connectivity index is 1.63. The van der Waals surface area contributed by atoms with E-state index < -0.39 is 5.41 Å². The molecule has 0 bridgehead atoms. The van der Waals surface area contributed by atoms with Crippen LogP contribution in [0.4, 0.5) is 4.39 Å². The fourth-order valence-corrected chi connectivity index (χ4v) is 6.23. The van der Waals surface area contributed by atoms with E-state index >= 15 is 0 Å². The number of nitrogens with zero attached hydrogens (tertiary/aromatic N) is 2. The Bertz CT molecular complexity index is 1590. The Hall–Kier alpha value is -3.59. The van der Waals surface area contributed by atoms with Gasteiger partial charge < -0.3 is 19.4 Å². The Morgan fingerprint density at radius 3 is 2.81 bits per heavy atom. The smallest absolute Gasteiger partial charge is 0.316 e. The minimum Gasteiger partial charge on any atom is -0.460 e. The molecular formula is C28H28FN3O5. The molecule has 9 heteroatoms. The summed E-state index contributed by atoms with van der Waals surface area (Å²) in [5, 5.41) is 3.91. The Kier molecular flexibility index (Phi) is 5.28.